The van der Waals surface area contributed by atoms with Gasteiger partial charge in [-0.15, -0.1) is 0 Å². The molecule has 0 spiro atoms. The minimum atomic E-state index is -0.943. The van der Waals surface area contributed by atoms with E-state index in [0.29, 0.717) is 5.02 Å². The average Bonchev–Trinajstić information content (AvgIpc) is 2.45. The van der Waals surface area contributed by atoms with Gasteiger partial charge in [-0.25, -0.2) is 4.79 Å². The van der Waals surface area contributed by atoms with Crippen LogP contribution in [0.25, 0.3) is 0 Å². The molecule has 1 saturated carbocycles. The molecule has 1 aromatic rings. The molecule has 0 radical (unpaired) electrons. The van der Waals surface area contributed by atoms with E-state index in [2.05, 4.69) is 5.32 Å². The maximum absolute atomic E-state index is 12.1. The molecule has 1 aliphatic rings. The lowest BCUT2D eigenvalue weighted by atomic mass is 9.84. The van der Waals surface area contributed by atoms with Gasteiger partial charge in [0.05, 0.1) is 6.42 Å². The Bertz CT molecular complexity index is 512. The second-order valence-electron chi connectivity index (χ2n) is 5.59. The summed E-state index contributed by atoms with van der Waals surface area (Å²) in [6.07, 6.45) is 5.12. The van der Waals surface area contributed by atoms with Gasteiger partial charge in [0.1, 0.15) is 6.04 Å². The van der Waals surface area contributed by atoms with E-state index >= 15 is 0 Å². The molecule has 1 amide bonds. The summed E-state index contributed by atoms with van der Waals surface area (Å²) in [6, 6.07) is 6.27. The van der Waals surface area contributed by atoms with E-state index in [1.807, 2.05) is 6.07 Å². The average molecular weight is 310 g/mol. The Labute approximate surface area is 129 Å². The molecule has 5 heteroatoms. The van der Waals surface area contributed by atoms with Crippen LogP contribution >= 0.6 is 11.6 Å². The third-order valence-corrected chi connectivity index (χ3v) is 4.19. The summed E-state index contributed by atoms with van der Waals surface area (Å²) in [5, 5.41) is 12.6. The van der Waals surface area contributed by atoms with E-state index in [4.69, 9.17) is 11.6 Å². The first-order valence-corrected chi connectivity index (χ1v) is 7.70. The molecule has 0 aromatic heterocycles. The molecule has 1 atom stereocenters. The quantitative estimate of drug-likeness (QED) is 0.878. The van der Waals surface area contributed by atoms with Gasteiger partial charge >= 0.3 is 5.97 Å². The van der Waals surface area contributed by atoms with Crippen LogP contribution in [0.2, 0.25) is 5.02 Å². The number of halogens is 1. The smallest absolute Gasteiger partial charge is 0.326 e. The minimum Gasteiger partial charge on any atom is -0.480 e. The minimum absolute atomic E-state index is 0.0413. The fraction of sp³-hybridized carbons (Fsp3) is 0.500. The molecule has 2 rings (SSSR count). The molecule has 21 heavy (non-hydrogen) atoms. The molecular weight excluding hydrogens is 290 g/mol. The van der Waals surface area contributed by atoms with Crippen molar-refractivity contribution in [2.75, 3.05) is 0 Å². The van der Waals surface area contributed by atoms with Crippen LogP contribution in [-0.4, -0.2) is 23.0 Å². The zero-order valence-electron chi connectivity index (χ0n) is 11.8. The number of carboxylic acid groups (broad SMARTS) is 1. The molecule has 0 heterocycles. The van der Waals surface area contributed by atoms with Crippen LogP contribution in [0.3, 0.4) is 0 Å². The lowest BCUT2D eigenvalue weighted by Gasteiger charge is -2.28. The van der Waals surface area contributed by atoms with E-state index in [1.54, 1.807) is 18.2 Å². The van der Waals surface area contributed by atoms with Crippen LogP contribution in [0.1, 0.15) is 37.7 Å². The molecule has 114 valence electrons. The van der Waals surface area contributed by atoms with E-state index in [-0.39, 0.29) is 18.2 Å². The van der Waals surface area contributed by atoms with Crippen LogP contribution in [-0.2, 0) is 16.0 Å². The van der Waals surface area contributed by atoms with E-state index < -0.39 is 12.0 Å². The fourth-order valence-electron chi connectivity index (χ4n) is 2.91. The maximum Gasteiger partial charge on any atom is 0.326 e. The largest absolute Gasteiger partial charge is 0.480 e. The topological polar surface area (TPSA) is 66.4 Å². The fourth-order valence-corrected chi connectivity index (χ4v) is 3.12. The van der Waals surface area contributed by atoms with Crippen molar-refractivity contribution >= 4 is 23.5 Å². The van der Waals surface area contributed by atoms with Gasteiger partial charge in [-0.2, -0.15) is 0 Å². The normalized spacial score (nSPS) is 17.2. The highest BCUT2D eigenvalue weighted by Gasteiger charge is 2.30. The molecule has 1 fully saturated rings. The summed E-state index contributed by atoms with van der Waals surface area (Å²) in [6.45, 7) is 0. The van der Waals surface area contributed by atoms with Gasteiger partial charge in [-0.3, -0.25) is 4.79 Å². The number of carbonyl (C=O) groups is 2. The van der Waals surface area contributed by atoms with Crippen molar-refractivity contribution < 1.29 is 14.7 Å². The molecule has 1 unspecified atom stereocenters. The Morgan fingerprint density at radius 3 is 2.62 bits per heavy atom. The van der Waals surface area contributed by atoms with Crippen LogP contribution < -0.4 is 5.32 Å². The van der Waals surface area contributed by atoms with Crippen molar-refractivity contribution in [1.82, 2.24) is 5.32 Å². The number of amides is 1. The Morgan fingerprint density at radius 2 is 2.00 bits per heavy atom. The monoisotopic (exact) mass is 309 g/mol. The summed E-state index contributed by atoms with van der Waals surface area (Å²) in [7, 11) is 0. The second-order valence-corrected chi connectivity index (χ2v) is 6.02. The van der Waals surface area contributed by atoms with Crippen molar-refractivity contribution in [3.8, 4) is 0 Å². The van der Waals surface area contributed by atoms with Crippen LogP contribution in [0.4, 0.5) is 0 Å². The lowest BCUT2D eigenvalue weighted by molar-refractivity contribution is -0.143. The maximum atomic E-state index is 12.1. The third-order valence-electron chi connectivity index (χ3n) is 3.96. The van der Waals surface area contributed by atoms with Gasteiger partial charge in [0.2, 0.25) is 5.91 Å². The zero-order valence-corrected chi connectivity index (χ0v) is 12.6. The summed E-state index contributed by atoms with van der Waals surface area (Å²) in [4.78, 5) is 23.5. The van der Waals surface area contributed by atoms with E-state index in [1.165, 1.54) is 0 Å². The number of benzene rings is 1. The van der Waals surface area contributed by atoms with Gasteiger partial charge in [-0.1, -0.05) is 43.0 Å². The molecule has 0 saturated heterocycles. The van der Waals surface area contributed by atoms with Crippen molar-refractivity contribution in [3.05, 3.63) is 34.9 Å². The first-order chi connectivity index (χ1) is 10.1. The number of aliphatic carboxylic acids is 1. The SMILES string of the molecule is O=C(Cc1cccc(Cl)c1)NC(C(=O)O)C1CCCCC1. The predicted octanol–water partition coefficient (Wildman–Crippen LogP) is 3.03. The Morgan fingerprint density at radius 1 is 1.29 bits per heavy atom. The highest BCUT2D eigenvalue weighted by molar-refractivity contribution is 6.30. The van der Waals surface area contributed by atoms with E-state index in [9.17, 15) is 14.7 Å². The summed E-state index contributed by atoms with van der Waals surface area (Å²) >= 11 is 5.88. The lowest BCUT2D eigenvalue weighted by Crippen LogP contribution is -2.47. The summed E-state index contributed by atoms with van der Waals surface area (Å²) < 4.78 is 0. The number of hydrogen-bond acceptors (Lipinski definition) is 2. The van der Waals surface area contributed by atoms with Crippen LogP contribution in [0.5, 0.6) is 0 Å². The standard InChI is InChI=1S/C16H20ClNO3/c17-13-8-4-5-11(9-13)10-14(19)18-15(16(20)21)12-6-2-1-3-7-12/h4-5,8-9,12,15H,1-3,6-7,10H2,(H,18,19)(H,20,21). The number of nitrogens with one attached hydrogen (secondary N) is 1. The van der Waals surface area contributed by atoms with Crippen LogP contribution in [0.15, 0.2) is 24.3 Å². The Hall–Kier alpha value is -1.55. The number of carbonyl (C=O) groups excluding carboxylic acids is 1. The van der Waals surface area contributed by atoms with Gasteiger partial charge < -0.3 is 10.4 Å². The zero-order chi connectivity index (χ0) is 15.2. The van der Waals surface area contributed by atoms with Crippen molar-refractivity contribution in [2.24, 2.45) is 5.92 Å². The third kappa shape index (κ3) is 4.74. The van der Waals surface area contributed by atoms with Gasteiger partial charge in [-0.05, 0) is 36.5 Å². The molecule has 2 N–H and O–H groups in total. The highest BCUT2D eigenvalue weighted by Crippen LogP contribution is 2.26. The molecule has 1 aromatic carbocycles. The number of carboxylic acids is 1. The molecule has 1 aliphatic carbocycles. The predicted molar refractivity (Wildman–Crippen MR) is 81.3 cm³/mol. The number of rotatable bonds is 5. The summed E-state index contributed by atoms with van der Waals surface area (Å²) in [5.74, 6) is -1.17. The van der Waals surface area contributed by atoms with Crippen molar-refractivity contribution in [1.29, 1.82) is 0 Å². The molecule has 4 nitrogen and oxygen atoms in total. The molecular formula is C16H20ClNO3. The Balaban J connectivity index is 1.96. The van der Waals surface area contributed by atoms with Crippen molar-refractivity contribution in [3.63, 3.8) is 0 Å². The van der Waals surface area contributed by atoms with E-state index in [0.717, 1.165) is 37.7 Å². The molecule has 0 bridgehead atoms. The summed E-state index contributed by atoms with van der Waals surface area (Å²) in [5.41, 5.74) is 0.785. The van der Waals surface area contributed by atoms with Gasteiger partial charge in [0.15, 0.2) is 0 Å². The van der Waals surface area contributed by atoms with Crippen molar-refractivity contribution in [2.45, 2.75) is 44.6 Å². The first kappa shape index (κ1) is 15.8. The van der Waals surface area contributed by atoms with Gasteiger partial charge in [0, 0.05) is 5.02 Å². The highest BCUT2D eigenvalue weighted by atomic mass is 35.5. The number of hydrogen-bond donors (Lipinski definition) is 2. The molecule has 0 aliphatic heterocycles. The first-order valence-electron chi connectivity index (χ1n) is 7.33. The Kier molecular flexibility index (Phi) is 5.62. The van der Waals surface area contributed by atoms with Gasteiger partial charge in [0.25, 0.3) is 0 Å². The second kappa shape index (κ2) is 7.46. The van der Waals surface area contributed by atoms with Crippen LogP contribution in [0, 0.1) is 5.92 Å².